The van der Waals surface area contributed by atoms with Crippen LogP contribution in [-0.4, -0.2) is 0 Å². The van der Waals surface area contributed by atoms with Gasteiger partial charge < -0.3 is 10.1 Å². The summed E-state index contributed by atoms with van der Waals surface area (Å²) in [6.07, 6.45) is 0. The molecule has 0 aliphatic rings. The topological polar surface area (TPSA) is 21.3 Å². The molecule has 0 saturated heterocycles. The first-order valence-corrected chi connectivity index (χ1v) is 9.72. The number of benzene rings is 3. The van der Waals surface area contributed by atoms with Crippen molar-refractivity contribution in [2.45, 2.75) is 20.1 Å². The van der Waals surface area contributed by atoms with Crippen LogP contribution in [-0.2, 0) is 13.2 Å². The Morgan fingerprint density at radius 3 is 2.38 bits per heavy atom. The molecule has 3 aromatic rings. The first-order valence-electron chi connectivity index (χ1n) is 8.17. The van der Waals surface area contributed by atoms with Crippen LogP contribution in [0.3, 0.4) is 0 Å². The Morgan fingerprint density at radius 1 is 0.923 bits per heavy atom. The molecule has 0 fully saturated rings. The average Bonchev–Trinajstić information content (AvgIpc) is 2.59. The highest BCUT2D eigenvalue weighted by molar-refractivity contribution is 9.10. The van der Waals surface area contributed by atoms with E-state index in [1.807, 2.05) is 42.5 Å². The quantitative estimate of drug-likeness (QED) is 0.426. The number of hydrogen-bond donors (Lipinski definition) is 1. The molecular formula is C21H18BrCl2NO. The van der Waals surface area contributed by atoms with E-state index in [2.05, 4.69) is 40.3 Å². The van der Waals surface area contributed by atoms with Gasteiger partial charge in [-0.25, -0.2) is 0 Å². The van der Waals surface area contributed by atoms with Crippen molar-refractivity contribution in [3.8, 4) is 5.75 Å². The maximum atomic E-state index is 6.08. The largest absolute Gasteiger partial charge is 0.489 e. The van der Waals surface area contributed by atoms with Gasteiger partial charge in [0, 0.05) is 32.3 Å². The van der Waals surface area contributed by atoms with Crippen molar-refractivity contribution >= 4 is 44.8 Å². The zero-order valence-corrected chi connectivity index (χ0v) is 17.3. The molecule has 1 N–H and O–H groups in total. The fourth-order valence-corrected chi connectivity index (χ4v) is 3.54. The van der Waals surface area contributed by atoms with Crippen LogP contribution in [0.25, 0.3) is 0 Å². The number of halogens is 3. The number of anilines is 1. The molecule has 3 rings (SSSR count). The predicted octanol–water partition coefficient (Wildman–Crippen LogP) is 7.26. The van der Waals surface area contributed by atoms with E-state index in [4.69, 9.17) is 27.9 Å². The molecule has 26 heavy (non-hydrogen) atoms. The SMILES string of the molecule is Cc1ccccc1COc1ccc(Br)cc1CNc1cc(Cl)cc(Cl)c1. The van der Waals surface area contributed by atoms with Crippen molar-refractivity contribution in [1.29, 1.82) is 0 Å². The number of nitrogens with one attached hydrogen (secondary N) is 1. The van der Waals surface area contributed by atoms with Crippen molar-refractivity contribution in [2.24, 2.45) is 0 Å². The van der Waals surface area contributed by atoms with Crippen molar-refractivity contribution in [2.75, 3.05) is 5.32 Å². The van der Waals surface area contributed by atoms with E-state index in [0.717, 1.165) is 21.5 Å². The maximum absolute atomic E-state index is 6.08. The van der Waals surface area contributed by atoms with Crippen LogP contribution >= 0.6 is 39.1 Å². The molecule has 0 saturated carbocycles. The summed E-state index contributed by atoms with van der Waals surface area (Å²) in [5, 5.41) is 4.55. The third-order valence-electron chi connectivity index (χ3n) is 4.01. The van der Waals surface area contributed by atoms with Crippen molar-refractivity contribution in [1.82, 2.24) is 0 Å². The number of hydrogen-bond acceptors (Lipinski definition) is 2. The predicted molar refractivity (Wildman–Crippen MR) is 113 cm³/mol. The van der Waals surface area contributed by atoms with E-state index in [0.29, 0.717) is 23.2 Å². The van der Waals surface area contributed by atoms with Gasteiger partial charge in [0.25, 0.3) is 0 Å². The van der Waals surface area contributed by atoms with E-state index in [1.54, 1.807) is 6.07 Å². The number of ether oxygens (including phenoxy) is 1. The summed E-state index contributed by atoms with van der Waals surface area (Å²) < 4.78 is 7.08. The molecule has 0 aromatic heterocycles. The normalized spacial score (nSPS) is 10.6. The van der Waals surface area contributed by atoms with E-state index in [9.17, 15) is 0 Å². The summed E-state index contributed by atoms with van der Waals surface area (Å²) in [6.45, 7) is 3.22. The fraction of sp³-hybridized carbons (Fsp3) is 0.143. The summed E-state index contributed by atoms with van der Waals surface area (Å²) >= 11 is 15.7. The van der Waals surface area contributed by atoms with Crippen LogP contribution in [0.2, 0.25) is 10.0 Å². The zero-order chi connectivity index (χ0) is 18.5. The third kappa shape index (κ3) is 5.16. The van der Waals surface area contributed by atoms with Gasteiger partial charge in [0.15, 0.2) is 0 Å². The first kappa shape index (κ1) is 19.1. The van der Waals surface area contributed by atoms with Gasteiger partial charge >= 0.3 is 0 Å². The van der Waals surface area contributed by atoms with Crippen LogP contribution in [0.15, 0.2) is 65.1 Å². The lowest BCUT2D eigenvalue weighted by molar-refractivity contribution is 0.302. The highest BCUT2D eigenvalue weighted by atomic mass is 79.9. The van der Waals surface area contributed by atoms with E-state index < -0.39 is 0 Å². The Morgan fingerprint density at radius 2 is 1.65 bits per heavy atom. The van der Waals surface area contributed by atoms with Crippen LogP contribution in [0, 0.1) is 6.92 Å². The molecule has 0 aliphatic heterocycles. The fourth-order valence-electron chi connectivity index (χ4n) is 2.61. The molecule has 0 spiro atoms. The van der Waals surface area contributed by atoms with Gasteiger partial charge in [0.05, 0.1) is 0 Å². The summed E-state index contributed by atoms with van der Waals surface area (Å²) in [5.74, 6) is 0.845. The third-order valence-corrected chi connectivity index (χ3v) is 4.94. The van der Waals surface area contributed by atoms with Crippen LogP contribution < -0.4 is 10.1 Å². The van der Waals surface area contributed by atoms with Gasteiger partial charge in [-0.15, -0.1) is 0 Å². The second kappa shape index (κ2) is 8.81. The van der Waals surface area contributed by atoms with E-state index in [1.165, 1.54) is 11.1 Å². The van der Waals surface area contributed by atoms with E-state index in [-0.39, 0.29) is 0 Å². The molecule has 134 valence electrons. The number of rotatable bonds is 6. The molecule has 0 heterocycles. The van der Waals surface area contributed by atoms with Crippen molar-refractivity contribution < 1.29 is 4.74 Å². The lowest BCUT2D eigenvalue weighted by Crippen LogP contribution is -2.04. The summed E-state index contributed by atoms with van der Waals surface area (Å²) in [4.78, 5) is 0. The van der Waals surface area contributed by atoms with E-state index >= 15 is 0 Å². The van der Waals surface area contributed by atoms with Gasteiger partial charge in [-0.3, -0.25) is 0 Å². The molecule has 0 aliphatic carbocycles. The van der Waals surface area contributed by atoms with Gasteiger partial charge in [0.1, 0.15) is 12.4 Å². The Balaban J connectivity index is 1.74. The summed E-state index contributed by atoms with van der Waals surface area (Å²) in [7, 11) is 0. The maximum Gasteiger partial charge on any atom is 0.124 e. The Bertz CT molecular complexity index is 894. The summed E-state index contributed by atoms with van der Waals surface area (Å²) in [6, 6.07) is 19.6. The average molecular weight is 451 g/mol. The molecule has 0 unspecified atom stereocenters. The Hall–Kier alpha value is -1.68. The first-order chi connectivity index (χ1) is 12.5. The minimum absolute atomic E-state index is 0.532. The highest BCUT2D eigenvalue weighted by Crippen LogP contribution is 2.27. The molecular weight excluding hydrogens is 433 g/mol. The molecule has 0 atom stereocenters. The standard InChI is InChI=1S/C21H18BrCl2NO/c1-14-4-2-3-5-15(14)13-26-21-7-6-17(22)8-16(21)12-25-20-10-18(23)9-19(24)11-20/h2-11,25H,12-13H2,1H3. The second-order valence-corrected chi connectivity index (χ2v) is 7.77. The smallest absolute Gasteiger partial charge is 0.124 e. The summed E-state index contributed by atoms with van der Waals surface area (Å²) in [5.41, 5.74) is 4.31. The molecule has 3 aromatic carbocycles. The van der Waals surface area contributed by atoms with Gasteiger partial charge in [0.2, 0.25) is 0 Å². The van der Waals surface area contributed by atoms with Crippen LogP contribution in [0.4, 0.5) is 5.69 Å². The number of aryl methyl sites for hydroxylation is 1. The lowest BCUT2D eigenvalue weighted by atomic mass is 10.1. The molecule has 0 bridgehead atoms. The molecule has 2 nitrogen and oxygen atoms in total. The Kier molecular flexibility index (Phi) is 6.47. The second-order valence-electron chi connectivity index (χ2n) is 5.98. The van der Waals surface area contributed by atoms with Crippen molar-refractivity contribution in [3.63, 3.8) is 0 Å². The van der Waals surface area contributed by atoms with Crippen LogP contribution in [0.1, 0.15) is 16.7 Å². The molecule has 0 radical (unpaired) electrons. The van der Waals surface area contributed by atoms with Crippen LogP contribution in [0.5, 0.6) is 5.75 Å². The monoisotopic (exact) mass is 449 g/mol. The van der Waals surface area contributed by atoms with Crippen molar-refractivity contribution in [3.05, 3.63) is 91.9 Å². The Labute approximate surface area is 172 Å². The van der Waals surface area contributed by atoms with Gasteiger partial charge in [-0.2, -0.15) is 0 Å². The zero-order valence-electron chi connectivity index (χ0n) is 14.2. The lowest BCUT2D eigenvalue weighted by Gasteiger charge is -2.15. The highest BCUT2D eigenvalue weighted by Gasteiger charge is 2.07. The van der Waals surface area contributed by atoms with Gasteiger partial charge in [-0.05, 0) is 54.4 Å². The van der Waals surface area contributed by atoms with Gasteiger partial charge in [-0.1, -0.05) is 63.4 Å². The molecule has 0 amide bonds. The molecule has 5 heteroatoms. The minimum Gasteiger partial charge on any atom is -0.489 e. The minimum atomic E-state index is 0.532.